The topological polar surface area (TPSA) is 96.2 Å². The van der Waals surface area contributed by atoms with Crippen LogP contribution in [0.4, 0.5) is 16.2 Å². The van der Waals surface area contributed by atoms with Gasteiger partial charge in [0.05, 0.1) is 16.8 Å². The first-order chi connectivity index (χ1) is 15.3. The van der Waals surface area contributed by atoms with Crippen molar-refractivity contribution in [2.45, 2.75) is 12.5 Å². The Kier molecular flexibility index (Phi) is 8.39. The molecule has 6 nitrogen and oxygen atoms in total. The Labute approximate surface area is 208 Å². The molecule has 0 radical (unpaired) electrons. The molecule has 0 aliphatic carbocycles. The van der Waals surface area contributed by atoms with Crippen LogP contribution in [0.25, 0.3) is 0 Å². The third-order valence-electron chi connectivity index (χ3n) is 4.58. The maximum Gasteiger partial charge on any atom is 0.333 e. The Morgan fingerprint density at radius 1 is 1.00 bits per heavy atom. The summed E-state index contributed by atoms with van der Waals surface area (Å²) in [6.07, 6.45) is 0.453. The summed E-state index contributed by atoms with van der Waals surface area (Å²) in [7, 11) is 0. The zero-order valence-electron chi connectivity index (χ0n) is 16.5. The summed E-state index contributed by atoms with van der Waals surface area (Å²) >= 11 is 20.8. The molecule has 5 N–H and O–H groups in total. The van der Waals surface area contributed by atoms with Crippen LogP contribution < -0.4 is 21.9 Å². The average Bonchev–Trinajstić information content (AvgIpc) is 2.77. The molecule has 3 aromatic carbocycles. The number of anilines is 2. The lowest BCUT2D eigenvalue weighted by atomic mass is 9.92. The van der Waals surface area contributed by atoms with Crippen molar-refractivity contribution in [1.29, 1.82) is 0 Å². The van der Waals surface area contributed by atoms with Crippen molar-refractivity contribution in [2.75, 3.05) is 10.6 Å². The number of carbonyl (C=O) groups excluding carboxylic acids is 2. The van der Waals surface area contributed by atoms with E-state index in [9.17, 15) is 9.59 Å². The third kappa shape index (κ3) is 6.37. The molecule has 1 aliphatic rings. The number of ketones is 1. The van der Waals surface area contributed by atoms with Crippen LogP contribution in [-0.2, 0) is 0 Å². The van der Waals surface area contributed by atoms with Gasteiger partial charge in [0, 0.05) is 32.2 Å². The van der Waals surface area contributed by atoms with Crippen molar-refractivity contribution in [3.8, 4) is 0 Å². The molecule has 4 rings (SSSR count). The SMILES string of the molecule is NNC(=O)Nc1ccc(Cl)cc1Cl.O=C1CC(c2ccc(Br)cc2)Nc2ccc(Cl)cc21. The van der Waals surface area contributed by atoms with Gasteiger partial charge in [-0.3, -0.25) is 10.2 Å². The summed E-state index contributed by atoms with van der Waals surface area (Å²) in [6.45, 7) is 0. The van der Waals surface area contributed by atoms with E-state index in [1.807, 2.05) is 35.8 Å². The molecule has 1 atom stereocenters. The van der Waals surface area contributed by atoms with Crippen LogP contribution in [0.5, 0.6) is 0 Å². The molecule has 0 saturated heterocycles. The van der Waals surface area contributed by atoms with E-state index in [0.29, 0.717) is 32.7 Å². The van der Waals surface area contributed by atoms with Crippen molar-refractivity contribution >= 4 is 73.9 Å². The molecule has 2 amide bonds. The van der Waals surface area contributed by atoms with Gasteiger partial charge in [-0.05, 0) is 54.1 Å². The van der Waals surface area contributed by atoms with Gasteiger partial charge < -0.3 is 10.6 Å². The van der Waals surface area contributed by atoms with Gasteiger partial charge >= 0.3 is 6.03 Å². The second-order valence-electron chi connectivity index (χ2n) is 6.79. The minimum Gasteiger partial charge on any atom is -0.377 e. The van der Waals surface area contributed by atoms with Crippen LogP contribution >= 0.6 is 50.7 Å². The molecule has 0 saturated carbocycles. The fraction of sp³-hybridized carbons (Fsp3) is 0.0909. The molecule has 0 aromatic heterocycles. The van der Waals surface area contributed by atoms with Gasteiger partial charge in [-0.15, -0.1) is 0 Å². The first-order valence-electron chi connectivity index (χ1n) is 9.34. The Hall–Kier alpha value is -2.29. The van der Waals surface area contributed by atoms with E-state index in [2.05, 4.69) is 26.6 Å². The van der Waals surface area contributed by atoms with Gasteiger partial charge in [0.2, 0.25) is 0 Å². The number of fused-ring (bicyclic) bond motifs is 1. The Morgan fingerprint density at radius 3 is 2.31 bits per heavy atom. The summed E-state index contributed by atoms with van der Waals surface area (Å²) in [5.74, 6) is 5.00. The number of hydrogen-bond donors (Lipinski definition) is 4. The highest BCUT2D eigenvalue weighted by atomic mass is 79.9. The molecule has 1 aliphatic heterocycles. The lowest BCUT2D eigenvalue weighted by molar-refractivity contribution is 0.0972. The number of rotatable bonds is 2. The molecule has 3 aromatic rings. The van der Waals surface area contributed by atoms with E-state index in [0.717, 1.165) is 15.7 Å². The highest BCUT2D eigenvalue weighted by Gasteiger charge is 2.25. The number of hydrazine groups is 1. The number of Topliss-reactive ketones (excluding diaryl/α,β-unsaturated/α-hetero) is 1. The van der Waals surface area contributed by atoms with Crippen molar-refractivity contribution in [3.05, 3.63) is 91.3 Å². The molecule has 1 heterocycles. The number of benzene rings is 3. The first-order valence-corrected chi connectivity index (χ1v) is 11.3. The van der Waals surface area contributed by atoms with Crippen LogP contribution in [0.1, 0.15) is 28.4 Å². The van der Waals surface area contributed by atoms with Crippen LogP contribution in [0.3, 0.4) is 0 Å². The van der Waals surface area contributed by atoms with Gasteiger partial charge in [0.25, 0.3) is 0 Å². The summed E-state index contributed by atoms with van der Waals surface area (Å²) in [5.41, 5.74) is 5.01. The Balaban J connectivity index is 0.000000195. The Morgan fingerprint density at radius 2 is 1.66 bits per heavy atom. The van der Waals surface area contributed by atoms with E-state index < -0.39 is 6.03 Å². The van der Waals surface area contributed by atoms with E-state index in [-0.39, 0.29) is 11.8 Å². The number of hydrogen-bond acceptors (Lipinski definition) is 4. The maximum atomic E-state index is 12.2. The highest BCUT2D eigenvalue weighted by molar-refractivity contribution is 9.10. The molecular weight excluding hydrogens is 539 g/mol. The van der Waals surface area contributed by atoms with Gasteiger partial charge in [-0.2, -0.15) is 0 Å². The standard InChI is InChI=1S/C15H11BrClNO.C7H7Cl2N3O/c16-10-3-1-9(2-4-10)14-8-15(19)12-7-11(17)5-6-13(12)18-14;8-4-1-2-6(5(9)3-4)11-7(13)12-10/h1-7,14,18H,8H2;1-3H,10H2,(H2,11,12,13). The molecule has 166 valence electrons. The summed E-state index contributed by atoms with van der Waals surface area (Å²) in [5, 5.41) is 7.27. The molecule has 1 unspecified atom stereocenters. The smallest absolute Gasteiger partial charge is 0.333 e. The fourth-order valence-corrected chi connectivity index (χ4v) is 3.94. The number of nitrogens with two attached hydrogens (primary N) is 1. The molecule has 0 fully saturated rings. The lowest BCUT2D eigenvalue weighted by Gasteiger charge is -2.26. The molecule has 32 heavy (non-hydrogen) atoms. The number of carbonyl (C=O) groups is 2. The molecular formula is C22H18BrCl3N4O2. The lowest BCUT2D eigenvalue weighted by Crippen LogP contribution is -2.34. The summed E-state index contributed by atoms with van der Waals surface area (Å²) in [4.78, 5) is 23.0. The minimum absolute atomic E-state index is 0.0225. The van der Waals surface area contributed by atoms with Crippen molar-refractivity contribution in [3.63, 3.8) is 0 Å². The van der Waals surface area contributed by atoms with Crippen molar-refractivity contribution in [2.24, 2.45) is 5.84 Å². The zero-order chi connectivity index (χ0) is 23.3. The highest BCUT2D eigenvalue weighted by Crippen LogP contribution is 2.34. The summed E-state index contributed by atoms with van der Waals surface area (Å²) in [6, 6.07) is 17.6. The maximum absolute atomic E-state index is 12.2. The second-order valence-corrected chi connectivity index (χ2v) is 8.98. The van der Waals surface area contributed by atoms with E-state index in [1.54, 1.807) is 24.3 Å². The normalized spacial score (nSPS) is 14.4. The predicted molar refractivity (Wildman–Crippen MR) is 134 cm³/mol. The number of amides is 2. The zero-order valence-corrected chi connectivity index (χ0v) is 20.3. The fourth-order valence-electron chi connectivity index (χ4n) is 3.05. The van der Waals surface area contributed by atoms with Crippen LogP contribution in [-0.4, -0.2) is 11.8 Å². The monoisotopic (exact) mass is 554 g/mol. The largest absolute Gasteiger partial charge is 0.377 e. The van der Waals surface area contributed by atoms with Gasteiger partial charge in [0.1, 0.15) is 0 Å². The molecule has 0 bridgehead atoms. The summed E-state index contributed by atoms with van der Waals surface area (Å²) < 4.78 is 1.03. The number of nitrogens with one attached hydrogen (secondary N) is 3. The number of halogens is 4. The second kappa shape index (κ2) is 11.0. The average molecular weight is 557 g/mol. The predicted octanol–water partition coefficient (Wildman–Crippen LogP) is 6.83. The molecule has 0 spiro atoms. The van der Waals surface area contributed by atoms with E-state index in [4.69, 9.17) is 40.6 Å². The van der Waals surface area contributed by atoms with Gasteiger partial charge in [-0.1, -0.05) is 62.9 Å². The quantitative estimate of drug-likeness (QED) is 0.158. The third-order valence-corrected chi connectivity index (χ3v) is 5.90. The van der Waals surface area contributed by atoms with Crippen LogP contribution in [0.15, 0.2) is 65.1 Å². The van der Waals surface area contributed by atoms with Crippen molar-refractivity contribution in [1.82, 2.24) is 5.43 Å². The van der Waals surface area contributed by atoms with E-state index >= 15 is 0 Å². The van der Waals surface area contributed by atoms with Crippen LogP contribution in [0, 0.1) is 0 Å². The first kappa shape index (κ1) is 24.4. The van der Waals surface area contributed by atoms with E-state index in [1.165, 1.54) is 6.07 Å². The Bertz CT molecular complexity index is 1140. The van der Waals surface area contributed by atoms with Gasteiger partial charge in [0.15, 0.2) is 5.78 Å². The minimum atomic E-state index is -0.538. The number of urea groups is 1. The van der Waals surface area contributed by atoms with Crippen molar-refractivity contribution < 1.29 is 9.59 Å². The van der Waals surface area contributed by atoms with Gasteiger partial charge in [-0.25, -0.2) is 10.6 Å². The van der Waals surface area contributed by atoms with Crippen LogP contribution in [0.2, 0.25) is 15.1 Å². The molecule has 10 heteroatoms.